The van der Waals surface area contributed by atoms with Crippen LogP contribution in [0.2, 0.25) is 0 Å². The maximum atomic E-state index is 11.5. The lowest BCUT2D eigenvalue weighted by atomic mass is 9.98. The molecule has 11 heteroatoms. The first-order valence-corrected chi connectivity index (χ1v) is 8.01. The van der Waals surface area contributed by atoms with Gasteiger partial charge in [-0.2, -0.15) is 0 Å². The highest BCUT2D eigenvalue weighted by Crippen LogP contribution is 2.29. The topological polar surface area (TPSA) is 141 Å². The van der Waals surface area contributed by atoms with Gasteiger partial charge in [0.1, 0.15) is 25.6 Å². The van der Waals surface area contributed by atoms with Gasteiger partial charge in [-0.05, 0) is 0 Å². The van der Waals surface area contributed by atoms with E-state index < -0.39 is 61.2 Å². The van der Waals surface area contributed by atoms with Crippen LogP contribution in [-0.4, -0.2) is 74.1 Å². The lowest BCUT2D eigenvalue weighted by Crippen LogP contribution is -2.63. The molecule has 1 aliphatic heterocycles. The van der Waals surface area contributed by atoms with Gasteiger partial charge in [0.25, 0.3) is 0 Å². The summed E-state index contributed by atoms with van der Waals surface area (Å²) in [5.41, 5.74) is 0. The first kappa shape index (κ1) is 22.5. The fourth-order valence-corrected chi connectivity index (χ4v) is 2.46. The molecule has 0 unspecified atom stereocenters. The van der Waals surface area contributed by atoms with E-state index in [1.165, 1.54) is 0 Å². The van der Waals surface area contributed by atoms with E-state index in [9.17, 15) is 24.0 Å². The zero-order valence-electron chi connectivity index (χ0n) is 15.4. The van der Waals surface area contributed by atoms with Gasteiger partial charge >= 0.3 is 23.9 Å². The second kappa shape index (κ2) is 10.6. The minimum absolute atomic E-state index is 0.362. The Morgan fingerprint density at radius 3 is 1.81 bits per heavy atom. The largest absolute Gasteiger partial charge is 0.463 e. The van der Waals surface area contributed by atoms with Crippen LogP contribution in [-0.2, 0) is 52.4 Å². The average molecular weight is 390 g/mol. The minimum atomic E-state index is -1.34. The highest BCUT2D eigenvalue weighted by Gasteiger charge is 2.52. The molecule has 0 N–H and O–H groups in total. The van der Waals surface area contributed by atoms with E-state index in [0.717, 1.165) is 27.7 Å². The number of esters is 4. The van der Waals surface area contributed by atoms with Gasteiger partial charge < -0.3 is 33.2 Å². The Hall–Kier alpha value is -2.53. The summed E-state index contributed by atoms with van der Waals surface area (Å²) in [5.74, 6) is -2.86. The Kier molecular flexibility index (Phi) is 8.82. The van der Waals surface area contributed by atoms with Crippen LogP contribution in [0.15, 0.2) is 0 Å². The van der Waals surface area contributed by atoms with E-state index in [1.54, 1.807) is 0 Å². The second-order valence-corrected chi connectivity index (χ2v) is 5.57. The van der Waals surface area contributed by atoms with Crippen molar-refractivity contribution in [2.45, 2.75) is 58.4 Å². The minimum Gasteiger partial charge on any atom is -0.463 e. The molecule has 1 fully saturated rings. The zero-order valence-corrected chi connectivity index (χ0v) is 15.4. The van der Waals surface area contributed by atoms with Crippen LogP contribution < -0.4 is 0 Å². The molecular formula is C16H22O11. The van der Waals surface area contributed by atoms with E-state index in [0.29, 0.717) is 6.29 Å². The first-order chi connectivity index (χ1) is 12.6. The monoisotopic (exact) mass is 390 g/mol. The highest BCUT2D eigenvalue weighted by molar-refractivity contribution is 5.68. The lowest BCUT2D eigenvalue weighted by Gasteiger charge is -2.43. The second-order valence-electron chi connectivity index (χ2n) is 5.57. The third-order valence-electron chi connectivity index (χ3n) is 3.28. The number of carbonyl (C=O) groups excluding carboxylic acids is 5. The molecule has 0 radical (unpaired) electrons. The van der Waals surface area contributed by atoms with Gasteiger partial charge in [-0.1, -0.05) is 0 Å². The highest BCUT2D eigenvalue weighted by atomic mass is 16.7. The molecule has 0 amide bonds. The fraction of sp³-hybridized carbons (Fsp3) is 0.688. The SMILES string of the molecule is CC(=O)OC[C@H]1O[C@@H](OCC=O)[C@@H](OC(C)=O)[C@@H](OC(C)=O)[C@@H]1OC(C)=O. The molecule has 5 atom stereocenters. The number of hydrogen-bond donors (Lipinski definition) is 0. The van der Waals surface area contributed by atoms with Gasteiger partial charge in [-0.25, -0.2) is 0 Å². The molecule has 1 saturated heterocycles. The maximum absolute atomic E-state index is 11.5. The Morgan fingerprint density at radius 1 is 0.815 bits per heavy atom. The van der Waals surface area contributed by atoms with Crippen molar-refractivity contribution in [1.82, 2.24) is 0 Å². The molecule has 0 aromatic heterocycles. The summed E-state index contributed by atoms with van der Waals surface area (Å²) in [7, 11) is 0. The molecule has 152 valence electrons. The molecule has 1 aliphatic rings. The molecule has 27 heavy (non-hydrogen) atoms. The van der Waals surface area contributed by atoms with E-state index in [1.807, 2.05) is 0 Å². The van der Waals surface area contributed by atoms with Gasteiger partial charge in [-0.15, -0.1) is 0 Å². The normalized spacial score (nSPS) is 27.2. The maximum Gasteiger partial charge on any atom is 0.303 e. The third kappa shape index (κ3) is 7.31. The Morgan fingerprint density at radius 2 is 1.33 bits per heavy atom. The van der Waals surface area contributed by atoms with E-state index >= 15 is 0 Å². The Bertz CT molecular complexity index is 573. The number of hydrogen-bond acceptors (Lipinski definition) is 11. The van der Waals surface area contributed by atoms with Crippen molar-refractivity contribution in [2.24, 2.45) is 0 Å². The van der Waals surface area contributed by atoms with Gasteiger partial charge in [0, 0.05) is 27.7 Å². The standard InChI is InChI=1S/C16H22O11/c1-8(18)23-7-12-13(24-9(2)19)14(25-10(3)20)15(26-11(4)21)16(27-12)22-6-5-17/h5,12-16H,6-7H2,1-4H3/t12-,13-,14+,15+,16-/m1/s1. The number of rotatable bonds is 8. The van der Waals surface area contributed by atoms with Gasteiger partial charge in [-0.3, -0.25) is 19.2 Å². The van der Waals surface area contributed by atoms with Crippen LogP contribution >= 0.6 is 0 Å². The summed E-state index contributed by atoms with van der Waals surface area (Å²) >= 11 is 0. The predicted octanol–water partition coefficient (Wildman–Crippen LogP) is -0.715. The van der Waals surface area contributed by atoms with Gasteiger partial charge in [0.05, 0.1) is 0 Å². The van der Waals surface area contributed by atoms with Crippen LogP contribution in [0.25, 0.3) is 0 Å². The van der Waals surface area contributed by atoms with Crippen LogP contribution in [0.4, 0.5) is 0 Å². The lowest BCUT2D eigenvalue weighted by molar-refractivity contribution is -0.305. The molecule has 0 aromatic rings. The quantitative estimate of drug-likeness (QED) is 0.295. The van der Waals surface area contributed by atoms with E-state index in [-0.39, 0.29) is 6.61 Å². The van der Waals surface area contributed by atoms with Crippen LogP contribution in [0.5, 0.6) is 0 Å². The molecule has 0 spiro atoms. The molecule has 11 nitrogen and oxygen atoms in total. The molecule has 0 aromatic carbocycles. The number of ether oxygens (including phenoxy) is 6. The Balaban J connectivity index is 3.24. The summed E-state index contributed by atoms with van der Waals surface area (Å²) in [6, 6.07) is 0. The molecule has 1 heterocycles. The van der Waals surface area contributed by atoms with Gasteiger partial charge in [0.2, 0.25) is 0 Å². The van der Waals surface area contributed by atoms with Crippen LogP contribution in [0, 0.1) is 0 Å². The molecule has 0 aliphatic carbocycles. The third-order valence-corrected chi connectivity index (χ3v) is 3.28. The van der Waals surface area contributed by atoms with Crippen LogP contribution in [0.1, 0.15) is 27.7 Å². The van der Waals surface area contributed by atoms with Gasteiger partial charge in [0.15, 0.2) is 24.6 Å². The van der Waals surface area contributed by atoms with Crippen molar-refractivity contribution in [1.29, 1.82) is 0 Å². The fourth-order valence-electron chi connectivity index (χ4n) is 2.46. The zero-order chi connectivity index (χ0) is 20.6. The predicted molar refractivity (Wildman–Crippen MR) is 84.0 cm³/mol. The smallest absolute Gasteiger partial charge is 0.303 e. The van der Waals surface area contributed by atoms with Crippen molar-refractivity contribution in [3.63, 3.8) is 0 Å². The van der Waals surface area contributed by atoms with Crippen molar-refractivity contribution < 1.29 is 52.4 Å². The summed E-state index contributed by atoms with van der Waals surface area (Å²) in [6.07, 6.45) is -5.91. The average Bonchev–Trinajstić information content (AvgIpc) is 2.54. The van der Waals surface area contributed by atoms with E-state index in [2.05, 4.69) is 0 Å². The van der Waals surface area contributed by atoms with Crippen molar-refractivity contribution in [2.75, 3.05) is 13.2 Å². The number of carbonyl (C=O) groups is 5. The molecule has 0 bridgehead atoms. The van der Waals surface area contributed by atoms with Crippen molar-refractivity contribution in [3.8, 4) is 0 Å². The molecule has 1 rings (SSSR count). The molecule has 0 saturated carbocycles. The summed E-state index contributed by atoms with van der Waals surface area (Å²) < 4.78 is 31.1. The number of aldehydes is 1. The summed E-state index contributed by atoms with van der Waals surface area (Å²) in [6.45, 7) is 3.71. The van der Waals surface area contributed by atoms with Crippen molar-refractivity contribution >= 4 is 30.2 Å². The first-order valence-electron chi connectivity index (χ1n) is 8.01. The molecular weight excluding hydrogens is 368 g/mol. The summed E-state index contributed by atoms with van der Waals surface area (Å²) in [5, 5.41) is 0. The summed E-state index contributed by atoms with van der Waals surface area (Å²) in [4.78, 5) is 56.3. The van der Waals surface area contributed by atoms with Crippen LogP contribution in [0.3, 0.4) is 0 Å². The Labute approximate surface area is 155 Å². The van der Waals surface area contributed by atoms with E-state index in [4.69, 9.17) is 28.4 Å². The van der Waals surface area contributed by atoms with Crippen molar-refractivity contribution in [3.05, 3.63) is 0 Å².